The number of nitrogens with zero attached hydrogens (tertiary/aromatic N) is 2. The summed E-state index contributed by atoms with van der Waals surface area (Å²) in [5.41, 5.74) is 2.09. The fraction of sp³-hybridized carbons (Fsp3) is 0.467. The molecule has 2 aromatic rings. The largest absolute Gasteiger partial charge is 0.376 e. The summed E-state index contributed by atoms with van der Waals surface area (Å²) < 4.78 is 1.74. The summed E-state index contributed by atoms with van der Waals surface area (Å²) in [4.78, 5) is 17.5. The highest BCUT2D eigenvalue weighted by Crippen LogP contribution is 2.25. The van der Waals surface area contributed by atoms with E-state index in [2.05, 4.69) is 31.1 Å². The van der Waals surface area contributed by atoms with Crippen molar-refractivity contribution in [3.8, 4) is 0 Å². The van der Waals surface area contributed by atoms with Crippen LogP contribution in [-0.4, -0.2) is 9.55 Å². The van der Waals surface area contributed by atoms with Crippen molar-refractivity contribution in [2.45, 2.75) is 46.7 Å². The smallest absolute Gasteiger partial charge is 0.250 e. The summed E-state index contributed by atoms with van der Waals surface area (Å²) in [7, 11) is 0. The minimum absolute atomic E-state index is 0.0470. The summed E-state index contributed by atoms with van der Waals surface area (Å²) in [5.74, 6) is 0. The lowest BCUT2D eigenvalue weighted by Crippen LogP contribution is -2.19. The first-order valence-corrected chi connectivity index (χ1v) is 7.74. The Bertz CT molecular complexity index is 645. The third kappa shape index (κ3) is 3.28. The summed E-state index contributed by atoms with van der Waals surface area (Å²) in [5, 5.41) is 4.51. The zero-order valence-electron chi connectivity index (χ0n) is 12.4. The van der Waals surface area contributed by atoms with Crippen LogP contribution in [0.1, 0.15) is 41.9 Å². The molecule has 2 aromatic heterocycles. The molecule has 0 bridgehead atoms. The lowest BCUT2D eigenvalue weighted by molar-refractivity contribution is 0.653. The van der Waals surface area contributed by atoms with E-state index in [9.17, 15) is 4.79 Å². The first-order valence-electron chi connectivity index (χ1n) is 6.92. The van der Waals surface area contributed by atoms with Crippen LogP contribution in [0.3, 0.4) is 0 Å². The number of thiazole rings is 1. The van der Waals surface area contributed by atoms with Crippen LogP contribution in [-0.2, 0) is 6.54 Å². The maximum Gasteiger partial charge on any atom is 0.250 e. The highest BCUT2D eigenvalue weighted by Gasteiger charge is 2.13. The molecule has 108 valence electrons. The zero-order chi connectivity index (χ0) is 14.7. The summed E-state index contributed by atoms with van der Waals surface area (Å²) >= 11 is 1.72. The molecule has 2 rings (SSSR count). The molecular weight excluding hydrogens is 270 g/mol. The standard InChI is InChI=1S/C15H21N3OS/c1-5-8-18-9-13(6-7-14(18)19)16-10(2)15-11(3)20-12(4)17-15/h6-7,9-10,16H,5,8H2,1-4H3. The SMILES string of the molecule is CCCn1cc(NC(C)c2nc(C)sc2C)ccc1=O. The van der Waals surface area contributed by atoms with E-state index in [0.29, 0.717) is 0 Å². The number of aryl methyl sites for hydroxylation is 3. The molecule has 0 aliphatic rings. The van der Waals surface area contributed by atoms with Crippen molar-refractivity contribution in [3.05, 3.63) is 44.3 Å². The van der Waals surface area contributed by atoms with Crippen molar-refractivity contribution in [3.63, 3.8) is 0 Å². The van der Waals surface area contributed by atoms with Gasteiger partial charge in [-0.1, -0.05) is 6.92 Å². The molecule has 0 aliphatic heterocycles. The van der Waals surface area contributed by atoms with E-state index in [1.165, 1.54) is 4.88 Å². The second-order valence-corrected chi connectivity index (χ2v) is 6.40. The molecule has 2 heterocycles. The number of nitrogens with one attached hydrogen (secondary N) is 1. The van der Waals surface area contributed by atoms with Gasteiger partial charge in [0.25, 0.3) is 5.56 Å². The van der Waals surface area contributed by atoms with Gasteiger partial charge in [0.05, 0.1) is 22.4 Å². The maximum atomic E-state index is 11.7. The first kappa shape index (κ1) is 14.8. The molecule has 1 unspecified atom stereocenters. The van der Waals surface area contributed by atoms with Crippen molar-refractivity contribution in [2.75, 3.05) is 5.32 Å². The van der Waals surface area contributed by atoms with Gasteiger partial charge in [-0.25, -0.2) is 4.98 Å². The predicted molar refractivity (Wildman–Crippen MR) is 84.6 cm³/mol. The molecule has 0 aromatic carbocycles. The molecule has 0 saturated carbocycles. The van der Waals surface area contributed by atoms with E-state index < -0.39 is 0 Å². The predicted octanol–water partition coefficient (Wildman–Crippen LogP) is 3.50. The van der Waals surface area contributed by atoms with E-state index >= 15 is 0 Å². The Labute approximate surface area is 123 Å². The monoisotopic (exact) mass is 291 g/mol. The zero-order valence-corrected chi connectivity index (χ0v) is 13.3. The second-order valence-electron chi connectivity index (χ2n) is 4.99. The lowest BCUT2D eigenvalue weighted by atomic mass is 10.2. The minimum Gasteiger partial charge on any atom is -0.376 e. The van der Waals surface area contributed by atoms with Gasteiger partial charge in [0.2, 0.25) is 0 Å². The van der Waals surface area contributed by atoms with E-state index in [4.69, 9.17) is 0 Å². The summed E-state index contributed by atoms with van der Waals surface area (Å²) in [6.45, 7) is 9.02. The van der Waals surface area contributed by atoms with Crippen molar-refractivity contribution in [1.82, 2.24) is 9.55 Å². The first-order chi connectivity index (χ1) is 9.51. The van der Waals surface area contributed by atoms with Crippen molar-refractivity contribution < 1.29 is 0 Å². The Morgan fingerprint density at radius 3 is 2.75 bits per heavy atom. The molecular formula is C15H21N3OS. The molecule has 0 radical (unpaired) electrons. The Morgan fingerprint density at radius 1 is 1.40 bits per heavy atom. The third-order valence-corrected chi connectivity index (χ3v) is 4.08. The highest BCUT2D eigenvalue weighted by molar-refractivity contribution is 7.11. The van der Waals surface area contributed by atoms with Gasteiger partial charge in [-0.3, -0.25) is 4.79 Å². The Balaban J connectivity index is 2.19. The number of aromatic nitrogens is 2. The molecule has 0 amide bonds. The number of rotatable bonds is 5. The average molecular weight is 291 g/mol. The van der Waals surface area contributed by atoms with Gasteiger partial charge >= 0.3 is 0 Å². The Hall–Kier alpha value is -1.62. The third-order valence-electron chi connectivity index (χ3n) is 3.18. The molecule has 0 aliphatic carbocycles. The van der Waals surface area contributed by atoms with Crippen LogP contribution in [0, 0.1) is 13.8 Å². The molecule has 4 nitrogen and oxygen atoms in total. The van der Waals surface area contributed by atoms with Gasteiger partial charge in [-0.15, -0.1) is 11.3 Å². The molecule has 5 heteroatoms. The van der Waals surface area contributed by atoms with Crippen LogP contribution >= 0.6 is 11.3 Å². The number of hydrogen-bond acceptors (Lipinski definition) is 4. The van der Waals surface area contributed by atoms with Gasteiger partial charge < -0.3 is 9.88 Å². The van der Waals surface area contributed by atoms with Gasteiger partial charge in [0.15, 0.2) is 0 Å². The number of pyridine rings is 1. The fourth-order valence-corrected chi connectivity index (χ4v) is 3.21. The second kappa shape index (κ2) is 6.22. The minimum atomic E-state index is 0.0470. The van der Waals surface area contributed by atoms with E-state index in [0.717, 1.165) is 29.4 Å². The number of anilines is 1. The van der Waals surface area contributed by atoms with Gasteiger partial charge in [-0.05, 0) is 33.3 Å². The summed E-state index contributed by atoms with van der Waals surface area (Å²) in [6, 6.07) is 3.58. The Kier molecular flexibility index (Phi) is 4.60. The molecule has 1 N–H and O–H groups in total. The normalized spacial score (nSPS) is 12.4. The quantitative estimate of drug-likeness (QED) is 0.917. The van der Waals surface area contributed by atoms with Crippen LogP contribution in [0.4, 0.5) is 5.69 Å². The molecule has 0 saturated heterocycles. The van der Waals surface area contributed by atoms with E-state index in [1.807, 2.05) is 19.2 Å². The van der Waals surface area contributed by atoms with Crippen molar-refractivity contribution in [1.29, 1.82) is 0 Å². The van der Waals surface area contributed by atoms with Gasteiger partial charge in [0, 0.05) is 23.7 Å². The van der Waals surface area contributed by atoms with E-state index in [1.54, 1.807) is 22.0 Å². The molecule has 0 spiro atoms. The van der Waals surface area contributed by atoms with Crippen LogP contribution in [0.5, 0.6) is 0 Å². The number of hydrogen-bond donors (Lipinski definition) is 1. The Morgan fingerprint density at radius 2 is 2.15 bits per heavy atom. The topological polar surface area (TPSA) is 46.9 Å². The lowest BCUT2D eigenvalue weighted by Gasteiger charge is -2.15. The molecule has 1 atom stereocenters. The fourth-order valence-electron chi connectivity index (χ4n) is 2.30. The van der Waals surface area contributed by atoms with Crippen LogP contribution in [0.2, 0.25) is 0 Å². The molecule has 20 heavy (non-hydrogen) atoms. The molecule has 0 fully saturated rings. The van der Waals surface area contributed by atoms with Crippen molar-refractivity contribution >= 4 is 17.0 Å². The average Bonchev–Trinajstić information content (AvgIpc) is 2.73. The maximum absolute atomic E-state index is 11.7. The van der Waals surface area contributed by atoms with Gasteiger partial charge in [0.1, 0.15) is 0 Å². The van der Waals surface area contributed by atoms with Crippen molar-refractivity contribution in [2.24, 2.45) is 0 Å². The van der Waals surface area contributed by atoms with Crippen LogP contribution in [0.15, 0.2) is 23.1 Å². The van der Waals surface area contributed by atoms with Gasteiger partial charge in [-0.2, -0.15) is 0 Å². The highest BCUT2D eigenvalue weighted by atomic mass is 32.1. The summed E-state index contributed by atoms with van der Waals surface area (Å²) in [6.07, 6.45) is 2.83. The van der Waals surface area contributed by atoms with Crippen LogP contribution in [0.25, 0.3) is 0 Å². The van der Waals surface area contributed by atoms with Crippen LogP contribution < -0.4 is 10.9 Å². The van der Waals surface area contributed by atoms with E-state index in [-0.39, 0.29) is 11.6 Å².